The Balaban J connectivity index is 2.29. The number of nitrogens with two attached hydrogens (primary N) is 1. The summed E-state index contributed by atoms with van der Waals surface area (Å²) >= 11 is 0. The molecular formula is C14H18N4O. The standard InChI is InChI=1S/C14H18N4O/c1-9(2)19-12-6-4-11(5-7-12)14-16-10(3)8-13(17-14)18-15/h4-9H,15H2,1-3H3,(H,16,17,18). The number of ether oxygens (including phenoxy) is 1. The quantitative estimate of drug-likeness (QED) is 0.651. The van der Waals surface area contributed by atoms with E-state index in [-0.39, 0.29) is 6.10 Å². The number of nitrogens with one attached hydrogen (secondary N) is 1. The fourth-order valence-corrected chi connectivity index (χ4v) is 1.73. The van der Waals surface area contributed by atoms with Gasteiger partial charge in [-0.1, -0.05) is 0 Å². The van der Waals surface area contributed by atoms with Gasteiger partial charge in [-0.2, -0.15) is 0 Å². The number of nitrogens with zero attached hydrogens (tertiary/aromatic N) is 2. The van der Waals surface area contributed by atoms with Crippen molar-refractivity contribution in [1.82, 2.24) is 9.97 Å². The lowest BCUT2D eigenvalue weighted by atomic mass is 10.2. The van der Waals surface area contributed by atoms with Crippen molar-refractivity contribution in [2.45, 2.75) is 26.9 Å². The lowest BCUT2D eigenvalue weighted by molar-refractivity contribution is 0.242. The van der Waals surface area contributed by atoms with Crippen LogP contribution in [0, 0.1) is 6.92 Å². The van der Waals surface area contributed by atoms with E-state index in [0.717, 1.165) is 17.0 Å². The minimum atomic E-state index is 0.161. The number of hydrazine groups is 1. The molecule has 2 aromatic rings. The van der Waals surface area contributed by atoms with E-state index < -0.39 is 0 Å². The van der Waals surface area contributed by atoms with Gasteiger partial charge in [0.1, 0.15) is 11.6 Å². The number of hydrogen-bond acceptors (Lipinski definition) is 5. The van der Waals surface area contributed by atoms with Crippen LogP contribution in [0.25, 0.3) is 11.4 Å². The van der Waals surface area contributed by atoms with Crippen LogP contribution in [0.2, 0.25) is 0 Å². The van der Waals surface area contributed by atoms with Crippen LogP contribution < -0.4 is 16.0 Å². The van der Waals surface area contributed by atoms with Crippen molar-refractivity contribution in [2.24, 2.45) is 5.84 Å². The minimum absolute atomic E-state index is 0.161. The molecule has 1 heterocycles. The molecule has 1 aromatic heterocycles. The molecule has 0 fully saturated rings. The van der Waals surface area contributed by atoms with Crippen molar-refractivity contribution >= 4 is 5.82 Å². The summed E-state index contributed by atoms with van der Waals surface area (Å²) in [6, 6.07) is 9.49. The van der Waals surface area contributed by atoms with Crippen molar-refractivity contribution in [1.29, 1.82) is 0 Å². The molecule has 0 aliphatic rings. The Bertz CT molecular complexity index is 552. The third-order valence-corrected chi connectivity index (χ3v) is 2.49. The Labute approximate surface area is 112 Å². The predicted octanol–water partition coefficient (Wildman–Crippen LogP) is 2.52. The molecule has 0 amide bonds. The highest BCUT2D eigenvalue weighted by atomic mass is 16.5. The topological polar surface area (TPSA) is 73.1 Å². The molecule has 0 radical (unpaired) electrons. The molecule has 0 atom stereocenters. The minimum Gasteiger partial charge on any atom is -0.491 e. The van der Waals surface area contributed by atoms with Gasteiger partial charge >= 0.3 is 0 Å². The molecule has 0 spiro atoms. The maximum Gasteiger partial charge on any atom is 0.161 e. The van der Waals surface area contributed by atoms with Gasteiger partial charge in [0.25, 0.3) is 0 Å². The number of benzene rings is 1. The first-order valence-electron chi connectivity index (χ1n) is 6.18. The maximum atomic E-state index is 5.60. The van der Waals surface area contributed by atoms with Crippen LogP contribution in [0.3, 0.4) is 0 Å². The van der Waals surface area contributed by atoms with Crippen LogP contribution in [0.15, 0.2) is 30.3 Å². The SMILES string of the molecule is Cc1cc(NN)nc(-c2ccc(OC(C)C)cc2)n1. The largest absolute Gasteiger partial charge is 0.491 e. The molecule has 0 unspecified atom stereocenters. The number of nitrogen functional groups attached to an aromatic ring is 1. The van der Waals surface area contributed by atoms with Crippen LogP contribution in [-0.2, 0) is 0 Å². The van der Waals surface area contributed by atoms with Crippen molar-refractivity contribution in [2.75, 3.05) is 5.43 Å². The molecule has 0 aliphatic carbocycles. The van der Waals surface area contributed by atoms with Gasteiger partial charge in [-0.3, -0.25) is 0 Å². The van der Waals surface area contributed by atoms with Gasteiger partial charge in [0.2, 0.25) is 0 Å². The molecule has 2 rings (SSSR count). The molecule has 0 bridgehead atoms. The average molecular weight is 258 g/mol. The second-order valence-electron chi connectivity index (χ2n) is 4.55. The lowest BCUT2D eigenvalue weighted by Crippen LogP contribution is -2.10. The van der Waals surface area contributed by atoms with Crippen LogP contribution in [-0.4, -0.2) is 16.1 Å². The smallest absolute Gasteiger partial charge is 0.161 e. The number of aryl methyl sites for hydroxylation is 1. The van der Waals surface area contributed by atoms with Crippen molar-refractivity contribution < 1.29 is 4.74 Å². The summed E-state index contributed by atoms with van der Waals surface area (Å²) in [5.41, 5.74) is 4.33. The third kappa shape index (κ3) is 3.42. The molecule has 0 saturated carbocycles. The number of aromatic nitrogens is 2. The Morgan fingerprint density at radius 2 is 1.84 bits per heavy atom. The summed E-state index contributed by atoms with van der Waals surface area (Å²) in [6.07, 6.45) is 0.161. The van der Waals surface area contributed by atoms with Crippen LogP contribution in [0.1, 0.15) is 19.5 Å². The fraction of sp³-hybridized carbons (Fsp3) is 0.286. The fourth-order valence-electron chi connectivity index (χ4n) is 1.73. The summed E-state index contributed by atoms with van der Waals surface area (Å²) in [7, 11) is 0. The first-order valence-corrected chi connectivity index (χ1v) is 6.18. The molecular weight excluding hydrogens is 240 g/mol. The molecule has 3 N–H and O–H groups in total. The van der Waals surface area contributed by atoms with Crippen molar-refractivity contribution in [3.63, 3.8) is 0 Å². The Hall–Kier alpha value is -2.14. The van der Waals surface area contributed by atoms with Crippen LogP contribution in [0.4, 0.5) is 5.82 Å². The second-order valence-corrected chi connectivity index (χ2v) is 4.55. The van der Waals surface area contributed by atoms with Gasteiger partial charge in [-0.25, -0.2) is 15.8 Å². The summed E-state index contributed by atoms with van der Waals surface area (Å²) in [5.74, 6) is 7.47. The monoisotopic (exact) mass is 258 g/mol. The highest BCUT2D eigenvalue weighted by molar-refractivity contribution is 5.58. The first-order chi connectivity index (χ1) is 9.08. The number of rotatable bonds is 4. The molecule has 5 nitrogen and oxygen atoms in total. The summed E-state index contributed by atoms with van der Waals surface area (Å²) in [5, 5.41) is 0. The maximum absolute atomic E-state index is 5.60. The van der Waals surface area contributed by atoms with Gasteiger partial charge in [0.15, 0.2) is 5.82 Å². The van der Waals surface area contributed by atoms with Gasteiger partial charge in [0.05, 0.1) is 6.10 Å². The highest BCUT2D eigenvalue weighted by Gasteiger charge is 2.05. The van der Waals surface area contributed by atoms with E-state index in [1.54, 1.807) is 6.07 Å². The van der Waals surface area contributed by atoms with E-state index in [0.29, 0.717) is 11.6 Å². The Kier molecular flexibility index (Phi) is 3.97. The average Bonchev–Trinajstić information content (AvgIpc) is 2.38. The second kappa shape index (κ2) is 5.67. The summed E-state index contributed by atoms with van der Waals surface area (Å²) < 4.78 is 5.60. The van der Waals surface area contributed by atoms with E-state index in [1.165, 1.54) is 0 Å². The van der Waals surface area contributed by atoms with Crippen LogP contribution in [0.5, 0.6) is 5.75 Å². The molecule has 0 saturated heterocycles. The Morgan fingerprint density at radius 3 is 2.42 bits per heavy atom. The predicted molar refractivity (Wildman–Crippen MR) is 75.8 cm³/mol. The summed E-state index contributed by atoms with van der Waals surface area (Å²) in [6.45, 7) is 5.90. The van der Waals surface area contributed by atoms with Crippen molar-refractivity contribution in [3.05, 3.63) is 36.0 Å². The lowest BCUT2D eigenvalue weighted by Gasteiger charge is -2.10. The van der Waals surface area contributed by atoms with E-state index in [9.17, 15) is 0 Å². The normalized spacial score (nSPS) is 10.6. The molecule has 19 heavy (non-hydrogen) atoms. The van der Waals surface area contributed by atoms with Gasteiger partial charge in [-0.15, -0.1) is 0 Å². The van der Waals surface area contributed by atoms with E-state index >= 15 is 0 Å². The third-order valence-electron chi connectivity index (χ3n) is 2.49. The molecule has 5 heteroatoms. The van der Waals surface area contributed by atoms with Crippen molar-refractivity contribution in [3.8, 4) is 17.1 Å². The molecule has 0 aliphatic heterocycles. The first kappa shape index (κ1) is 13.3. The number of hydrogen-bond donors (Lipinski definition) is 2. The van der Waals surface area contributed by atoms with E-state index in [1.807, 2.05) is 45.0 Å². The summed E-state index contributed by atoms with van der Waals surface area (Å²) in [4.78, 5) is 8.72. The van der Waals surface area contributed by atoms with Gasteiger partial charge < -0.3 is 10.2 Å². The van der Waals surface area contributed by atoms with Gasteiger partial charge in [-0.05, 0) is 45.0 Å². The highest BCUT2D eigenvalue weighted by Crippen LogP contribution is 2.21. The molecule has 100 valence electrons. The zero-order chi connectivity index (χ0) is 13.8. The molecule has 1 aromatic carbocycles. The zero-order valence-corrected chi connectivity index (χ0v) is 11.3. The van der Waals surface area contributed by atoms with E-state index in [2.05, 4.69) is 15.4 Å². The van der Waals surface area contributed by atoms with E-state index in [4.69, 9.17) is 10.6 Å². The Morgan fingerprint density at radius 1 is 1.16 bits per heavy atom. The zero-order valence-electron chi connectivity index (χ0n) is 11.3. The number of anilines is 1. The van der Waals surface area contributed by atoms with Crippen LogP contribution >= 0.6 is 0 Å². The van der Waals surface area contributed by atoms with Gasteiger partial charge in [0, 0.05) is 17.3 Å².